The molecule has 1 saturated carbocycles. The zero-order valence-electron chi connectivity index (χ0n) is 12.1. The van der Waals surface area contributed by atoms with Gasteiger partial charge in [0.25, 0.3) is 0 Å². The molecule has 0 amide bonds. The second-order valence-corrected chi connectivity index (χ2v) is 5.79. The lowest BCUT2D eigenvalue weighted by Crippen LogP contribution is -2.08. The van der Waals surface area contributed by atoms with Gasteiger partial charge >= 0.3 is 0 Å². The van der Waals surface area contributed by atoms with Crippen molar-refractivity contribution >= 4 is 11.6 Å². The van der Waals surface area contributed by atoms with Gasteiger partial charge in [-0.05, 0) is 31.2 Å². The van der Waals surface area contributed by atoms with E-state index in [9.17, 15) is 9.59 Å². The fourth-order valence-corrected chi connectivity index (χ4v) is 2.45. The fourth-order valence-electron chi connectivity index (χ4n) is 2.45. The summed E-state index contributed by atoms with van der Waals surface area (Å²) in [5, 5.41) is 0. The van der Waals surface area contributed by atoms with Gasteiger partial charge in [0.05, 0.1) is 6.42 Å². The number of carbonyl (C=O) groups is 2. The van der Waals surface area contributed by atoms with Crippen molar-refractivity contribution in [2.45, 2.75) is 32.1 Å². The molecule has 2 aromatic rings. The normalized spacial score (nSPS) is 14.0. The second kappa shape index (κ2) is 5.65. The number of carbonyl (C=O) groups excluding carboxylic acids is 2. The van der Waals surface area contributed by atoms with Crippen LogP contribution in [0, 0.1) is 6.92 Å². The lowest BCUT2D eigenvalue weighted by Gasteiger charge is -2.03. The van der Waals surface area contributed by atoms with Crippen molar-refractivity contribution in [3.63, 3.8) is 0 Å². The first kappa shape index (κ1) is 13.7. The van der Waals surface area contributed by atoms with Gasteiger partial charge in [-0.2, -0.15) is 0 Å². The maximum absolute atomic E-state index is 12.2. The number of hydrogen-bond donors (Lipinski definition) is 0. The molecule has 0 radical (unpaired) electrons. The summed E-state index contributed by atoms with van der Waals surface area (Å²) in [4.78, 5) is 24.3. The van der Waals surface area contributed by atoms with Crippen molar-refractivity contribution in [3.8, 4) is 0 Å². The highest BCUT2D eigenvalue weighted by Gasteiger charge is 2.23. The van der Waals surface area contributed by atoms with E-state index >= 15 is 0 Å². The van der Waals surface area contributed by atoms with E-state index in [0.29, 0.717) is 17.0 Å². The Kier molecular flexibility index (Phi) is 3.70. The Balaban J connectivity index is 1.67. The Morgan fingerprint density at radius 3 is 1.81 bits per heavy atom. The number of Topliss-reactive ketones (excluding diaryl/α,β-unsaturated/α-hetero) is 2. The second-order valence-electron chi connectivity index (χ2n) is 5.79. The quantitative estimate of drug-likeness (QED) is 0.602. The average Bonchev–Trinajstić information content (AvgIpc) is 3.32. The van der Waals surface area contributed by atoms with Crippen LogP contribution in [0.2, 0.25) is 0 Å². The first-order valence-electron chi connectivity index (χ1n) is 7.36. The number of aryl methyl sites for hydroxylation is 1. The van der Waals surface area contributed by atoms with Gasteiger partial charge in [-0.1, -0.05) is 54.1 Å². The maximum Gasteiger partial charge on any atom is 0.170 e. The van der Waals surface area contributed by atoms with E-state index in [1.807, 2.05) is 43.3 Å². The molecule has 21 heavy (non-hydrogen) atoms. The maximum atomic E-state index is 12.2. The van der Waals surface area contributed by atoms with Crippen LogP contribution in [0.5, 0.6) is 0 Å². The van der Waals surface area contributed by atoms with Crippen LogP contribution in [0.4, 0.5) is 0 Å². The Labute approximate surface area is 124 Å². The SMILES string of the molecule is Cc1ccc(C(=O)CC(=O)c2ccc(C3CC3)cc2)cc1. The van der Waals surface area contributed by atoms with Crippen molar-refractivity contribution in [2.24, 2.45) is 0 Å². The smallest absolute Gasteiger partial charge is 0.170 e. The predicted octanol–water partition coefficient (Wildman–Crippen LogP) is 4.33. The zero-order chi connectivity index (χ0) is 14.8. The van der Waals surface area contributed by atoms with E-state index in [1.54, 1.807) is 12.1 Å². The first-order chi connectivity index (χ1) is 10.1. The molecular formula is C19H18O2. The molecule has 0 atom stereocenters. The zero-order valence-corrected chi connectivity index (χ0v) is 12.1. The standard InChI is InChI=1S/C19H18O2/c1-13-2-4-16(5-3-13)18(20)12-19(21)17-10-8-15(9-11-17)14-6-7-14/h2-5,8-11,14H,6-7,12H2,1H3. The minimum atomic E-state index is -0.119. The number of benzene rings is 2. The van der Waals surface area contributed by atoms with E-state index in [1.165, 1.54) is 18.4 Å². The third-order valence-electron chi connectivity index (χ3n) is 3.98. The third-order valence-corrected chi connectivity index (χ3v) is 3.98. The highest BCUT2D eigenvalue weighted by molar-refractivity contribution is 6.13. The predicted molar refractivity (Wildman–Crippen MR) is 82.9 cm³/mol. The molecule has 0 spiro atoms. The van der Waals surface area contributed by atoms with Crippen LogP contribution in [0.15, 0.2) is 48.5 Å². The molecular weight excluding hydrogens is 260 g/mol. The van der Waals surface area contributed by atoms with Gasteiger partial charge in [0.2, 0.25) is 0 Å². The van der Waals surface area contributed by atoms with Crippen molar-refractivity contribution in [3.05, 3.63) is 70.8 Å². The van der Waals surface area contributed by atoms with Crippen LogP contribution in [0.1, 0.15) is 57.0 Å². The molecule has 1 fully saturated rings. The van der Waals surface area contributed by atoms with Crippen LogP contribution in [0.3, 0.4) is 0 Å². The Morgan fingerprint density at radius 2 is 1.33 bits per heavy atom. The lowest BCUT2D eigenvalue weighted by atomic mass is 9.99. The Hall–Kier alpha value is -2.22. The van der Waals surface area contributed by atoms with Gasteiger partial charge in [-0.15, -0.1) is 0 Å². The fraction of sp³-hybridized carbons (Fsp3) is 0.263. The molecule has 1 aliphatic carbocycles. The molecule has 0 heterocycles. The van der Waals surface area contributed by atoms with Gasteiger partial charge in [-0.3, -0.25) is 9.59 Å². The summed E-state index contributed by atoms with van der Waals surface area (Å²) in [6, 6.07) is 15.1. The monoisotopic (exact) mass is 278 g/mol. The summed E-state index contributed by atoms with van der Waals surface area (Å²) in [7, 11) is 0. The van der Waals surface area contributed by atoms with E-state index < -0.39 is 0 Å². The van der Waals surface area contributed by atoms with E-state index in [2.05, 4.69) is 0 Å². The summed E-state index contributed by atoms with van der Waals surface area (Å²) in [6.07, 6.45) is 2.43. The summed E-state index contributed by atoms with van der Waals surface area (Å²) >= 11 is 0. The van der Waals surface area contributed by atoms with Crippen molar-refractivity contribution < 1.29 is 9.59 Å². The molecule has 106 valence electrons. The molecule has 2 heteroatoms. The largest absolute Gasteiger partial charge is 0.294 e. The van der Waals surface area contributed by atoms with Crippen LogP contribution < -0.4 is 0 Å². The van der Waals surface area contributed by atoms with Crippen LogP contribution in [-0.4, -0.2) is 11.6 Å². The van der Waals surface area contributed by atoms with Gasteiger partial charge in [-0.25, -0.2) is 0 Å². The van der Waals surface area contributed by atoms with E-state index in [-0.39, 0.29) is 18.0 Å². The molecule has 3 rings (SSSR count). The Morgan fingerprint density at radius 1 is 0.857 bits per heavy atom. The number of hydrogen-bond acceptors (Lipinski definition) is 2. The molecule has 2 nitrogen and oxygen atoms in total. The summed E-state index contributed by atoms with van der Waals surface area (Å²) < 4.78 is 0. The molecule has 0 N–H and O–H groups in total. The number of ketones is 2. The van der Waals surface area contributed by atoms with Gasteiger partial charge in [0.1, 0.15) is 0 Å². The molecule has 0 saturated heterocycles. The number of rotatable bonds is 5. The topological polar surface area (TPSA) is 34.1 Å². The molecule has 0 aliphatic heterocycles. The minimum Gasteiger partial charge on any atom is -0.294 e. The highest BCUT2D eigenvalue weighted by Crippen LogP contribution is 2.39. The summed E-state index contributed by atoms with van der Waals surface area (Å²) in [5.41, 5.74) is 3.63. The van der Waals surface area contributed by atoms with Crippen molar-refractivity contribution in [1.82, 2.24) is 0 Å². The van der Waals surface area contributed by atoms with Gasteiger partial charge < -0.3 is 0 Å². The lowest BCUT2D eigenvalue weighted by molar-refractivity contribution is 0.0894. The van der Waals surface area contributed by atoms with Gasteiger partial charge in [0.15, 0.2) is 11.6 Å². The molecule has 0 unspecified atom stereocenters. The molecule has 2 aromatic carbocycles. The summed E-state index contributed by atoms with van der Waals surface area (Å²) in [5.74, 6) is 0.456. The van der Waals surface area contributed by atoms with Crippen LogP contribution >= 0.6 is 0 Å². The van der Waals surface area contributed by atoms with Crippen molar-refractivity contribution in [2.75, 3.05) is 0 Å². The molecule has 1 aliphatic rings. The van der Waals surface area contributed by atoms with Crippen molar-refractivity contribution in [1.29, 1.82) is 0 Å². The minimum absolute atomic E-state index is 0.0637. The van der Waals surface area contributed by atoms with Crippen LogP contribution in [0.25, 0.3) is 0 Å². The van der Waals surface area contributed by atoms with E-state index in [4.69, 9.17) is 0 Å². The van der Waals surface area contributed by atoms with Gasteiger partial charge in [0, 0.05) is 11.1 Å². The third kappa shape index (κ3) is 3.27. The summed E-state index contributed by atoms with van der Waals surface area (Å²) in [6.45, 7) is 1.97. The average molecular weight is 278 g/mol. The highest BCUT2D eigenvalue weighted by atomic mass is 16.1. The van der Waals surface area contributed by atoms with E-state index in [0.717, 1.165) is 5.56 Å². The molecule has 0 aromatic heterocycles. The Bertz CT molecular complexity index is 662. The first-order valence-corrected chi connectivity index (χ1v) is 7.36. The van der Waals surface area contributed by atoms with Crippen LogP contribution in [-0.2, 0) is 0 Å². The molecule has 0 bridgehead atoms.